The second-order valence-corrected chi connectivity index (χ2v) is 16.1. The van der Waals surface area contributed by atoms with Crippen LogP contribution < -0.4 is 5.73 Å². The number of carbonyl (C=O) groups is 3. The quantitative estimate of drug-likeness (QED) is 0.151. The van der Waals surface area contributed by atoms with Gasteiger partial charge in [-0.3, -0.25) is 9.59 Å². The van der Waals surface area contributed by atoms with E-state index in [1.54, 1.807) is 20.8 Å². The van der Waals surface area contributed by atoms with E-state index in [9.17, 15) is 29.7 Å². The number of fused-ring (bicyclic) bond motifs is 2. The molecule has 3 rings (SSSR count). The molecule has 0 aromatic rings. The molecule has 0 aromatic carbocycles. The second kappa shape index (κ2) is 20.3. The number of nitrogens with two attached hydrogens (primary N) is 1. The summed E-state index contributed by atoms with van der Waals surface area (Å²) in [5.74, 6) is -3.23. The molecule has 0 aromatic heterocycles. The summed E-state index contributed by atoms with van der Waals surface area (Å²) in [6, 6.07) is 0. The molecular formula is C41H67NO11. The van der Waals surface area contributed by atoms with Crippen LogP contribution in [-0.2, 0) is 33.3 Å². The summed E-state index contributed by atoms with van der Waals surface area (Å²) in [7, 11) is 0. The molecular weight excluding hydrogens is 682 g/mol. The third-order valence-corrected chi connectivity index (χ3v) is 11.2. The van der Waals surface area contributed by atoms with E-state index in [0.717, 1.165) is 17.6 Å². The van der Waals surface area contributed by atoms with Gasteiger partial charge in [0.25, 0.3) is 0 Å². The van der Waals surface area contributed by atoms with Crippen molar-refractivity contribution in [1.82, 2.24) is 0 Å². The summed E-state index contributed by atoms with van der Waals surface area (Å²) in [4.78, 5) is 37.5. The number of Topliss-reactive ketones (excluding diaryl/α,β-unsaturated/α-hetero) is 1. The van der Waals surface area contributed by atoms with Crippen LogP contribution in [0, 0.1) is 29.6 Å². The van der Waals surface area contributed by atoms with Gasteiger partial charge < -0.3 is 44.7 Å². The van der Waals surface area contributed by atoms with Crippen molar-refractivity contribution in [2.45, 2.75) is 175 Å². The first-order valence-electron chi connectivity index (χ1n) is 19.6. The molecule has 1 saturated heterocycles. The SMILES string of the molecule is CCC(=O)[C@@H](C)[C@@H](O)[C@H](C)CC(C)[C@H]1OC(=O)C[C@@]2(O)CC=C(C)C(O2)/C(C)=C\CCC[C@@H](O[C@@H]2C[C@@H](OC(N)=O)[C@H](O)[C@@H](C)O2)/C=C\[C@@H](C)C[C@@H]1C. The number of cyclic esters (lactones) is 1. The monoisotopic (exact) mass is 749 g/mol. The van der Waals surface area contributed by atoms with Crippen molar-refractivity contribution in [2.24, 2.45) is 35.3 Å². The second-order valence-electron chi connectivity index (χ2n) is 16.1. The molecule has 3 heterocycles. The topological polar surface area (TPSA) is 184 Å². The first kappa shape index (κ1) is 44.8. The number of aliphatic hydroxyl groups is 3. The summed E-state index contributed by atoms with van der Waals surface area (Å²) in [6.07, 6.45) is 5.26. The summed E-state index contributed by atoms with van der Waals surface area (Å²) in [5, 5.41) is 33.1. The Morgan fingerprint density at radius 3 is 2.42 bits per heavy atom. The fourth-order valence-electron chi connectivity index (χ4n) is 8.07. The van der Waals surface area contributed by atoms with Crippen LogP contribution >= 0.6 is 0 Å². The van der Waals surface area contributed by atoms with E-state index >= 15 is 0 Å². The van der Waals surface area contributed by atoms with Crippen LogP contribution in [0.3, 0.4) is 0 Å². The van der Waals surface area contributed by atoms with Gasteiger partial charge in [0.1, 0.15) is 30.2 Å². The molecule has 5 N–H and O–H groups in total. The summed E-state index contributed by atoms with van der Waals surface area (Å²) in [5.41, 5.74) is 7.13. The Balaban J connectivity index is 1.90. The summed E-state index contributed by atoms with van der Waals surface area (Å²) < 4.78 is 30.0. The maximum atomic E-state index is 13.6. The van der Waals surface area contributed by atoms with E-state index in [1.807, 2.05) is 46.8 Å². The summed E-state index contributed by atoms with van der Waals surface area (Å²) in [6.45, 7) is 17.2. The van der Waals surface area contributed by atoms with E-state index < -0.39 is 66.7 Å². The molecule has 12 nitrogen and oxygen atoms in total. The normalized spacial score (nSPS) is 37.6. The largest absolute Gasteiger partial charge is 0.462 e. The van der Waals surface area contributed by atoms with Crippen molar-refractivity contribution in [3.05, 3.63) is 35.5 Å². The number of esters is 1. The van der Waals surface area contributed by atoms with Crippen LogP contribution in [0.1, 0.15) is 120 Å². The van der Waals surface area contributed by atoms with Gasteiger partial charge in [0, 0.05) is 25.2 Å². The predicted molar refractivity (Wildman–Crippen MR) is 200 cm³/mol. The Morgan fingerprint density at radius 1 is 1.08 bits per heavy atom. The molecule has 1 fully saturated rings. The summed E-state index contributed by atoms with van der Waals surface area (Å²) >= 11 is 0. The van der Waals surface area contributed by atoms with Crippen LogP contribution in [0.25, 0.3) is 0 Å². The highest BCUT2D eigenvalue weighted by atomic mass is 16.7. The number of rotatable bonds is 10. The van der Waals surface area contributed by atoms with E-state index in [0.29, 0.717) is 32.1 Å². The van der Waals surface area contributed by atoms with Crippen molar-refractivity contribution in [1.29, 1.82) is 0 Å². The minimum atomic E-state index is -1.73. The number of ketones is 1. The van der Waals surface area contributed by atoms with Crippen LogP contribution in [0.15, 0.2) is 35.5 Å². The fourth-order valence-corrected chi connectivity index (χ4v) is 8.07. The van der Waals surface area contributed by atoms with Crippen LogP contribution in [0.5, 0.6) is 0 Å². The molecule has 0 saturated carbocycles. The average Bonchev–Trinajstić information content (AvgIpc) is 3.09. The predicted octanol–water partition coefficient (Wildman–Crippen LogP) is 6.04. The van der Waals surface area contributed by atoms with Crippen molar-refractivity contribution in [3.8, 4) is 0 Å². The molecule has 2 unspecified atom stereocenters. The smallest absolute Gasteiger partial charge is 0.404 e. The van der Waals surface area contributed by atoms with Crippen LogP contribution in [0.4, 0.5) is 4.79 Å². The molecule has 0 aliphatic carbocycles. The van der Waals surface area contributed by atoms with Gasteiger partial charge in [-0.1, -0.05) is 65.8 Å². The first-order valence-corrected chi connectivity index (χ1v) is 19.6. The van der Waals surface area contributed by atoms with Gasteiger partial charge in [0.2, 0.25) is 0 Å². The van der Waals surface area contributed by atoms with Gasteiger partial charge in [-0.2, -0.15) is 0 Å². The Bertz CT molecular complexity index is 1310. The number of hydrogen-bond donors (Lipinski definition) is 4. The lowest BCUT2D eigenvalue weighted by molar-refractivity contribution is -0.254. The molecule has 302 valence electrons. The number of allylic oxidation sites excluding steroid dienone is 2. The number of hydrogen-bond acceptors (Lipinski definition) is 11. The highest BCUT2D eigenvalue weighted by Gasteiger charge is 2.41. The molecule has 0 spiro atoms. The van der Waals surface area contributed by atoms with E-state index in [1.165, 1.54) is 0 Å². The van der Waals surface area contributed by atoms with Gasteiger partial charge in [-0.15, -0.1) is 0 Å². The third-order valence-electron chi connectivity index (χ3n) is 11.2. The lowest BCUT2D eigenvalue weighted by Gasteiger charge is -2.38. The van der Waals surface area contributed by atoms with E-state index in [-0.39, 0.29) is 54.8 Å². The van der Waals surface area contributed by atoms with E-state index in [4.69, 9.17) is 29.4 Å². The van der Waals surface area contributed by atoms with Gasteiger partial charge in [0.15, 0.2) is 12.1 Å². The van der Waals surface area contributed by atoms with Gasteiger partial charge >= 0.3 is 12.1 Å². The first-order chi connectivity index (χ1) is 24.8. The molecule has 14 atom stereocenters. The maximum absolute atomic E-state index is 13.6. The lowest BCUT2D eigenvalue weighted by Crippen LogP contribution is -2.50. The van der Waals surface area contributed by atoms with Gasteiger partial charge in [-0.05, 0) is 87.7 Å². The molecule has 3 aliphatic rings. The molecule has 0 radical (unpaired) electrons. The zero-order chi connectivity index (χ0) is 39.6. The zero-order valence-corrected chi connectivity index (χ0v) is 33.4. The maximum Gasteiger partial charge on any atom is 0.404 e. The number of ether oxygens (including phenoxy) is 5. The van der Waals surface area contributed by atoms with E-state index in [2.05, 4.69) is 19.1 Å². The number of carbonyl (C=O) groups excluding carboxylic acids is 3. The number of primary amides is 1. The van der Waals surface area contributed by atoms with Crippen molar-refractivity contribution >= 4 is 17.8 Å². The Morgan fingerprint density at radius 2 is 1.75 bits per heavy atom. The molecule has 12 heteroatoms. The Labute approximate surface area is 316 Å². The molecule has 1 amide bonds. The molecule has 3 aliphatic heterocycles. The minimum absolute atomic E-state index is 0.00488. The van der Waals surface area contributed by atoms with Gasteiger partial charge in [-0.25, -0.2) is 4.79 Å². The highest BCUT2D eigenvalue weighted by Crippen LogP contribution is 2.35. The average molecular weight is 750 g/mol. The van der Waals surface area contributed by atoms with Crippen LogP contribution in [0.2, 0.25) is 0 Å². The standard InChI is InChI=1S/C41H67NO11/c1-10-32(43)29(8)36(45)26(5)20-28(7)38-27(6)19-23(2)15-16-31(50-35-21-33(51-40(42)47)37(46)30(9)49-35)14-12-11-13-24(3)39-25(4)17-18-41(48,53-39)22-34(44)52-38/h13,15-17,23,26-31,33,35-39,45-46,48H,10-12,14,18-22H2,1-9H3,(H2,42,47)/b16-15-,24-13-/t23-,26-,27+,28?,29-,30-,31-,33-,35-,36+,37-,38+,39?,41-/m1/s1. The molecule has 53 heavy (non-hydrogen) atoms. The minimum Gasteiger partial charge on any atom is -0.462 e. The Hall–Kier alpha value is -2.61. The zero-order valence-electron chi connectivity index (χ0n) is 33.4. The molecule has 2 bridgehead atoms. The highest BCUT2D eigenvalue weighted by molar-refractivity contribution is 5.80. The fraction of sp³-hybridized carbons (Fsp3) is 0.780. The number of aliphatic hydroxyl groups excluding tert-OH is 2. The van der Waals surface area contributed by atoms with Crippen molar-refractivity contribution in [3.63, 3.8) is 0 Å². The van der Waals surface area contributed by atoms with Gasteiger partial charge in [0.05, 0.1) is 24.7 Å². The van der Waals surface area contributed by atoms with Crippen molar-refractivity contribution < 1.29 is 53.4 Å². The van der Waals surface area contributed by atoms with Crippen molar-refractivity contribution in [2.75, 3.05) is 0 Å². The lowest BCUT2D eigenvalue weighted by atomic mass is 9.79. The Kier molecular flexibility index (Phi) is 17.2. The number of amides is 1. The third kappa shape index (κ3) is 13.3. The van der Waals surface area contributed by atoms with Crippen LogP contribution in [-0.4, -0.2) is 88.0 Å².